The number of thiazole rings is 1. The number of hydrogen-bond donors (Lipinski definition) is 3. The number of sulfonamides is 1. The van der Waals surface area contributed by atoms with Crippen LogP contribution in [0.4, 0.5) is 0 Å². The molecule has 2 aliphatic heterocycles. The number of allylic oxidation sites excluding steroid dienone is 1. The predicted molar refractivity (Wildman–Crippen MR) is 234 cm³/mol. The van der Waals surface area contributed by atoms with Crippen molar-refractivity contribution in [2.75, 3.05) is 13.7 Å². The summed E-state index contributed by atoms with van der Waals surface area (Å²) >= 11 is 1.47. The minimum atomic E-state index is -3.93. The van der Waals surface area contributed by atoms with Crippen LogP contribution in [0.1, 0.15) is 125 Å². The number of carbonyl (C=O) groups excluding carboxylic acids is 4. The van der Waals surface area contributed by atoms with E-state index in [4.69, 9.17) is 24.0 Å². The maximum absolute atomic E-state index is 14.9. The zero-order chi connectivity index (χ0) is 44.8. The summed E-state index contributed by atoms with van der Waals surface area (Å²) in [5, 5.41) is 12.4. The number of methoxy groups -OCH3 is 1. The van der Waals surface area contributed by atoms with Gasteiger partial charge in [0.05, 0.1) is 30.1 Å². The Labute approximate surface area is 370 Å². The lowest BCUT2D eigenvalue weighted by atomic mass is 10.0. The Morgan fingerprint density at radius 1 is 1.03 bits per heavy atom. The summed E-state index contributed by atoms with van der Waals surface area (Å²) in [6.45, 7) is 9.72. The summed E-state index contributed by atoms with van der Waals surface area (Å²) in [5.41, 5.74) is 1.39. The van der Waals surface area contributed by atoms with Crippen molar-refractivity contribution < 1.29 is 41.6 Å². The molecule has 5 atom stereocenters. The van der Waals surface area contributed by atoms with Gasteiger partial charge in [-0.3, -0.25) is 23.9 Å². The molecule has 0 unspecified atom stereocenters. The van der Waals surface area contributed by atoms with Crippen LogP contribution < -0.4 is 24.8 Å². The van der Waals surface area contributed by atoms with E-state index in [0.29, 0.717) is 64.6 Å². The van der Waals surface area contributed by atoms with Gasteiger partial charge < -0.3 is 29.5 Å². The number of ether oxygens (including phenoxy) is 2. The van der Waals surface area contributed by atoms with Crippen molar-refractivity contribution in [3.63, 3.8) is 0 Å². The van der Waals surface area contributed by atoms with Gasteiger partial charge in [0.2, 0.25) is 21.8 Å². The molecule has 3 N–H and O–H groups in total. The molecule has 63 heavy (non-hydrogen) atoms. The van der Waals surface area contributed by atoms with E-state index >= 15 is 0 Å². The van der Waals surface area contributed by atoms with Gasteiger partial charge in [0.1, 0.15) is 45.9 Å². The van der Waals surface area contributed by atoms with Gasteiger partial charge in [-0.15, -0.1) is 11.3 Å². The maximum atomic E-state index is 14.9. The highest BCUT2D eigenvalue weighted by atomic mass is 32.2. The molecule has 5 heterocycles. The minimum absolute atomic E-state index is 0.0151. The number of fused-ring (bicyclic) bond motifs is 3. The van der Waals surface area contributed by atoms with E-state index in [1.807, 2.05) is 56.5 Å². The summed E-state index contributed by atoms with van der Waals surface area (Å²) < 4.78 is 46.0. The predicted octanol–water partition coefficient (Wildman–Crippen LogP) is 5.46. The van der Waals surface area contributed by atoms with Gasteiger partial charge in [-0.05, 0) is 63.5 Å². The van der Waals surface area contributed by atoms with E-state index in [1.165, 1.54) is 16.2 Å². The molecule has 3 fully saturated rings. The molecule has 2 aliphatic carbocycles. The van der Waals surface area contributed by atoms with Crippen LogP contribution in [0, 0.1) is 12.8 Å². The number of nitrogens with one attached hydrogen (secondary N) is 3. The molecule has 3 aromatic heterocycles. The standard InChI is InChI=1S/C44H54N8O9S2/c1-23(2)32-22-62-41(47-32)31-19-35(29-16-17-34(59-6)25(5)36(29)45-31)60-27-18-33-38(53)49-44(43(56)51-63(57,58)28-14-15-28)20-26(44)12-10-8-7-9-11-13-30(42(55)52(33)21-27)46-39(54)40-48-37(24(3)4)50-61-40/h10,12,16-17,19,22-24,26-28,30,33H,7-9,11,13-15,18,20-21H2,1-6H3,(H,46,54)(H,49,53)(H,51,56)/b12-10-/t26-,27-,30+,33+,44-/m1/s1. The van der Waals surface area contributed by atoms with Gasteiger partial charge in [0.25, 0.3) is 5.91 Å². The van der Waals surface area contributed by atoms with Gasteiger partial charge in [0, 0.05) is 40.7 Å². The van der Waals surface area contributed by atoms with Gasteiger partial charge in [-0.1, -0.05) is 57.8 Å². The second-order valence-electron chi connectivity index (χ2n) is 17.7. The molecule has 4 amide bonds. The molecule has 1 aromatic carbocycles. The maximum Gasteiger partial charge on any atom is 0.315 e. The van der Waals surface area contributed by atoms with Crippen molar-refractivity contribution >= 4 is 55.9 Å². The zero-order valence-electron chi connectivity index (χ0n) is 36.3. The zero-order valence-corrected chi connectivity index (χ0v) is 37.9. The minimum Gasteiger partial charge on any atom is -0.496 e. The number of nitrogens with zero attached hydrogens (tertiary/aromatic N) is 5. The lowest BCUT2D eigenvalue weighted by molar-refractivity contribution is -0.141. The average Bonchev–Trinajstić information content (AvgIpc) is 4.00. The van der Waals surface area contributed by atoms with E-state index in [9.17, 15) is 27.6 Å². The molecule has 2 saturated carbocycles. The highest BCUT2D eigenvalue weighted by molar-refractivity contribution is 7.91. The van der Waals surface area contributed by atoms with Crippen LogP contribution in [0.3, 0.4) is 0 Å². The molecule has 4 aromatic rings. The number of pyridine rings is 1. The second kappa shape index (κ2) is 17.6. The van der Waals surface area contributed by atoms with Crippen molar-refractivity contribution in [1.82, 2.24) is 40.4 Å². The molecule has 0 radical (unpaired) electrons. The molecular weight excluding hydrogens is 849 g/mol. The number of amides is 4. The van der Waals surface area contributed by atoms with Gasteiger partial charge in [0.15, 0.2) is 5.82 Å². The Kier molecular flexibility index (Phi) is 12.4. The van der Waals surface area contributed by atoms with Crippen molar-refractivity contribution in [1.29, 1.82) is 0 Å². The normalized spacial score (nSPS) is 24.9. The molecular formula is C44H54N8O9S2. The molecule has 19 heteroatoms. The first-order chi connectivity index (χ1) is 30.1. The Morgan fingerprint density at radius 3 is 2.52 bits per heavy atom. The third-order valence-corrected chi connectivity index (χ3v) is 15.0. The Morgan fingerprint density at radius 2 is 1.83 bits per heavy atom. The van der Waals surface area contributed by atoms with Gasteiger partial charge in [-0.2, -0.15) is 4.98 Å². The lowest BCUT2D eigenvalue weighted by Gasteiger charge is -2.29. The average molecular weight is 903 g/mol. The number of benzene rings is 1. The van der Waals surface area contributed by atoms with Crippen LogP contribution in [0.2, 0.25) is 0 Å². The van der Waals surface area contributed by atoms with Gasteiger partial charge >= 0.3 is 11.8 Å². The first-order valence-electron chi connectivity index (χ1n) is 21.7. The van der Waals surface area contributed by atoms with Crippen molar-refractivity contribution in [3.05, 3.63) is 58.7 Å². The first-order valence-corrected chi connectivity index (χ1v) is 24.1. The van der Waals surface area contributed by atoms with Crippen molar-refractivity contribution in [2.45, 2.75) is 133 Å². The third-order valence-electron chi connectivity index (χ3n) is 12.3. The smallest absolute Gasteiger partial charge is 0.315 e. The Bertz CT molecular complexity index is 2570. The largest absolute Gasteiger partial charge is 0.496 e. The fourth-order valence-electron chi connectivity index (χ4n) is 8.28. The SMILES string of the molecule is COc1ccc2c(O[C@@H]3C[C@H]4C(=O)N[C@]5(C(=O)NS(=O)(=O)C6CC6)C[C@H]5/C=C\CCCCC[C@H](NC(=O)c5nc(C(C)C)no5)C(=O)N4C3)cc(-c3nc(C(C)C)cs3)nc2c1C. The van der Waals surface area contributed by atoms with E-state index in [-0.39, 0.29) is 43.5 Å². The van der Waals surface area contributed by atoms with Crippen LogP contribution in [-0.4, -0.2) is 99.7 Å². The number of aromatic nitrogens is 4. The van der Waals surface area contributed by atoms with Crippen molar-refractivity contribution in [2.24, 2.45) is 5.92 Å². The van der Waals surface area contributed by atoms with Crippen molar-refractivity contribution in [3.8, 4) is 22.2 Å². The third kappa shape index (κ3) is 9.17. The number of hydrogen-bond acceptors (Lipinski definition) is 14. The van der Waals surface area contributed by atoms with Crippen LogP contribution in [0.25, 0.3) is 21.6 Å². The van der Waals surface area contributed by atoms with Crippen LogP contribution >= 0.6 is 11.3 Å². The van der Waals surface area contributed by atoms with Crippen LogP contribution in [0.5, 0.6) is 11.5 Å². The summed E-state index contributed by atoms with van der Waals surface area (Å²) in [7, 11) is -2.34. The van der Waals surface area contributed by atoms with Crippen LogP contribution in [0.15, 0.2) is 40.3 Å². The topological polar surface area (TPSA) is 225 Å². The Balaban J connectivity index is 1.15. The summed E-state index contributed by atoms with van der Waals surface area (Å²) in [6.07, 6.45) is 7.17. The molecule has 0 spiro atoms. The number of carbonyl (C=O) groups is 4. The van der Waals surface area contributed by atoms with Crippen LogP contribution in [-0.2, 0) is 24.4 Å². The van der Waals surface area contributed by atoms with E-state index in [0.717, 1.165) is 24.1 Å². The molecule has 336 valence electrons. The quantitative estimate of drug-likeness (QED) is 0.159. The summed E-state index contributed by atoms with van der Waals surface area (Å²) in [6, 6.07) is 3.25. The lowest BCUT2D eigenvalue weighted by Crippen LogP contribution is -2.58. The molecule has 4 aliphatic rings. The molecule has 1 saturated heterocycles. The molecule has 17 nitrogen and oxygen atoms in total. The summed E-state index contributed by atoms with van der Waals surface area (Å²) in [4.78, 5) is 72.6. The number of rotatable bonds is 11. The molecule has 0 bridgehead atoms. The first kappa shape index (κ1) is 44.2. The fraction of sp³-hybridized carbons (Fsp3) is 0.545. The van der Waals surface area contributed by atoms with E-state index in [2.05, 4.69) is 39.3 Å². The number of aryl methyl sites for hydroxylation is 1. The van der Waals surface area contributed by atoms with E-state index < -0.39 is 68.5 Å². The molecule has 8 rings (SSSR count). The highest BCUT2D eigenvalue weighted by Crippen LogP contribution is 2.46. The highest BCUT2D eigenvalue weighted by Gasteiger charge is 2.62. The van der Waals surface area contributed by atoms with Gasteiger partial charge in [-0.25, -0.2) is 18.4 Å². The second-order valence-corrected chi connectivity index (χ2v) is 20.5. The summed E-state index contributed by atoms with van der Waals surface area (Å²) in [5.74, 6) is -1.91. The Hall–Kier alpha value is -5.43. The fourth-order valence-corrected chi connectivity index (χ4v) is 10.6. The monoisotopic (exact) mass is 902 g/mol. The van der Waals surface area contributed by atoms with E-state index in [1.54, 1.807) is 7.11 Å².